The lowest BCUT2D eigenvalue weighted by Gasteiger charge is -2.37. The van der Waals surface area contributed by atoms with Gasteiger partial charge in [-0.2, -0.15) is 13.2 Å². The van der Waals surface area contributed by atoms with E-state index >= 15 is 0 Å². The highest BCUT2D eigenvalue weighted by Gasteiger charge is 2.45. The number of benzene rings is 1. The minimum atomic E-state index is -4.28. The van der Waals surface area contributed by atoms with Crippen LogP contribution in [-0.4, -0.2) is 70.7 Å². The smallest absolute Gasteiger partial charge is 0.369 e. The molecule has 2 heterocycles. The first kappa shape index (κ1) is 19.4. The van der Waals surface area contributed by atoms with E-state index in [1.807, 2.05) is 6.07 Å². The van der Waals surface area contributed by atoms with Crippen LogP contribution in [0.25, 0.3) is 0 Å². The third kappa shape index (κ3) is 4.69. The van der Waals surface area contributed by atoms with Gasteiger partial charge in [-0.1, -0.05) is 6.07 Å². The van der Waals surface area contributed by atoms with Crippen molar-refractivity contribution in [1.82, 2.24) is 4.90 Å². The van der Waals surface area contributed by atoms with Gasteiger partial charge < -0.3 is 9.64 Å². The second kappa shape index (κ2) is 7.36. The van der Waals surface area contributed by atoms with Crippen LogP contribution in [0.5, 0.6) is 0 Å². The molecule has 0 aromatic heterocycles. The van der Waals surface area contributed by atoms with E-state index in [4.69, 9.17) is 4.74 Å². The van der Waals surface area contributed by atoms with Crippen LogP contribution in [0.4, 0.5) is 18.9 Å². The van der Waals surface area contributed by atoms with E-state index in [1.54, 1.807) is 18.2 Å². The fourth-order valence-corrected chi connectivity index (χ4v) is 4.13. The van der Waals surface area contributed by atoms with E-state index in [2.05, 4.69) is 9.80 Å². The van der Waals surface area contributed by atoms with Crippen molar-refractivity contribution in [3.63, 3.8) is 0 Å². The summed E-state index contributed by atoms with van der Waals surface area (Å²) < 4.78 is 66.6. The molecule has 2 aliphatic rings. The number of halogens is 3. The van der Waals surface area contributed by atoms with Gasteiger partial charge in [-0.15, -0.1) is 0 Å². The Balaban J connectivity index is 1.52. The number of ether oxygens (including phenoxy) is 1. The number of hydrogen-bond donors (Lipinski definition) is 0. The normalized spacial score (nSPS) is 25.6. The molecule has 0 saturated carbocycles. The summed E-state index contributed by atoms with van der Waals surface area (Å²) in [6.07, 6.45) is -4.64. The summed E-state index contributed by atoms with van der Waals surface area (Å²) in [5, 5.41) is 0. The van der Waals surface area contributed by atoms with Gasteiger partial charge in [-0.3, -0.25) is 4.90 Å². The predicted molar refractivity (Wildman–Crippen MR) is 92.2 cm³/mol. The zero-order chi connectivity index (χ0) is 18.9. The molecule has 9 heteroatoms. The fourth-order valence-electron chi connectivity index (χ4n) is 3.47. The zero-order valence-electron chi connectivity index (χ0n) is 14.6. The quantitative estimate of drug-likeness (QED) is 0.787. The van der Waals surface area contributed by atoms with Gasteiger partial charge in [0.15, 0.2) is 15.9 Å². The van der Waals surface area contributed by atoms with Crippen molar-refractivity contribution in [2.45, 2.75) is 36.1 Å². The number of piperazine rings is 1. The van der Waals surface area contributed by atoms with E-state index in [1.165, 1.54) is 6.26 Å². The minimum Gasteiger partial charge on any atom is -0.369 e. The van der Waals surface area contributed by atoms with Crippen LogP contribution < -0.4 is 4.90 Å². The Kier molecular flexibility index (Phi) is 5.50. The average Bonchev–Trinajstić information content (AvgIpc) is 3.04. The lowest BCUT2D eigenvalue weighted by atomic mass is 10.1. The highest BCUT2D eigenvalue weighted by molar-refractivity contribution is 7.90. The lowest BCUT2D eigenvalue weighted by Crippen LogP contribution is -2.48. The Morgan fingerprint density at radius 2 is 1.85 bits per heavy atom. The molecule has 1 aromatic rings. The van der Waals surface area contributed by atoms with Crippen molar-refractivity contribution < 1.29 is 26.3 Å². The molecule has 3 rings (SSSR count). The van der Waals surface area contributed by atoms with Crippen LogP contribution in [0.15, 0.2) is 29.2 Å². The Morgan fingerprint density at radius 3 is 2.42 bits per heavy atom. The third-order valence-corrected chi connectivity index (χ3v) is 6.03. The van der Waals surface area contributed by atoms with Gasteiger partial charge in [-0.05, 0) is 31.0 Å². The molecule has 2 fully saturated rings. The summed E-state index contributed by atoms with van der Waals surface area (Å²) in [5.74, 6) is 0. The van der Waals surface area contributed by atoms with Crippen LogP contribution >= 0.6 is 0 Å². The first-order valence-corrected chi connectivity index (χ1v) is 10.5. The van der Waals surface area contributed by atoms with Crippen molar-refractivity contribution in [3.8, 4) is 0 Å². The van der Waals surface area contributed by atoms with Gasteiger partial charge in [0.1, 0.15) is 0 Å². The summed E-state index contributed by atoms with van der Waals surface area (Å²) in [5.41, 5.74) is 0.849. The Bertz CT molecular complexity index is 731. The van der Waals surface area contributed by atoms with Crippen LogP contribution in [-0.2, 0) is 14.6 Å². The number of sulfone groups is 1. The maximum absolute atomic E-state index is 12.7. The first-order valence-electron chi connectivity index (χ1n) is 8.62. The molecule has 2 saturated heterocycles. The monoisotopic (exact) mass is 392 g/mol. The molecule has 146 valence electrons. The van der Waals surface area contributed by atoms with Gasteiger partial charge in [0.25, 0.3) is 0 Å². The number of nitrogens with zero attached hydrogens (tertiary/aromatic N) is 2. The van der Waals surface area contributed by atoms with Crippen LogP contribution in [0.2, 0.25) is 0 Å². The first-order chi connectivity index (χ1) is 12.1. The van der Waals surface area contributed by atoms with E-state index in [0.29, 0.717) is 39.1 Å². The maximum atomic E-state index is 12.7. The Labute approximate surface area is 151 Å². The number of alkyl halides is 3. The summed E-state index contributed by atoms with van der Waals surface area (Å²) in [6, 6.07) is 6.84. The van der Waals surface area contributed by atoms with Crippen LogP contribution in [0.1, 0.15) is 12.8 Å². The van der Waals surface area contributed by atoms with Crippen LogP contribution in [0.3, 0.4) is 0 Å². The molecule has 2 atom stereocenters. The molecule has 2 unspecified atom stereocenters. The molecular formula is C17H23F3N2O3S. The van der Waals surface area contributed by atoms with E-state index in [-0.39, 0.29) is 17.4 Å². The van der Waals surface area contributed by atoms with Gasteiger partial charge in [0.2, 0.25) is 0 Å². The van der Waals surface area contributed by atoms with Gasteiger partial charge in [-0.25, -0.2) is 8.42 Å². The van der Waals surface area contributed by atoms with Gasteiger partial charge in [0.05, 0.1) is 11.0 Å². The predicted octanol–water partition coefficient (Wildman–Crippen LogP) is 2.32. The molecule has 0 bridgehead atoms. The van der Waals surface area contributed by atoms with Crippen molar-refractivity contribution in [1.29, 1.82) is 0 Å². The molecule has 0 N–H and O–H groups in total. The topological polar surface area (TPSA) is 49.9 Å². The molecule has 2 aliphatic heterocycles. The maximum Gasteiger partial charge on any atom is 0.414 e. The summed E-state index contributed by atoms with van der Waals surface area (Å²) in [7, 11) is -3.25. The van der Waals surface area contributed by atoms with Crippen molar-refractivity contribution in [2.24, 2.45) is 0 Å². The van der Waals surface area contributed by atoms with E-state index < -0.39 is 22.1 Å². The molecule has 1 aromatic carbocycles. The average molecular weight is 392 g/mol. The molecule has 0 amide bonds. The van der Waals surface area contributed by atoms with Crippen molar-refractivity contribution in [3.05, 3.63) is 24.3 Å². The lowest BCUT2D eigenvalue weighted by molar-refractivity contribution is -0.215. The van der Waals surface area contributed by atoms with E-state index in [9.17, 15) is 21.6 Å². The summed E-state index contributed by atoms with van der Waals surface area (Å²) in [4.78, 5) is 4.49. The number of anilines is 1. The summed E-state index contributed by atoms with van der Waals surface area (Å²) >= 11 is 0. The Morgan fingerprint density at radius 1 is 1.15 bits per heavy atom. The zero-order valence-corrected chi connectivity index (χ0v) is 15.4. The van der Waals surface area contributed by atoms with E-state index in [0.717, 1.165) is 5.69 Å². The number of rotatable bonds is 4. The standard InChI is InChI=1S/C17H23F3N2O3S/c1-26(23,24)15-4-2-3-13(11-15)22-9-7-21(8-10-22)12-14-5-6-16(25-14)17(18,19)20/h2-4,11,14,16H,5-10,12H2,1H3. The fraction of sp³-hybridized carbons (Fsp3) is 0.647. The SMILES string of the molecule is CS(=O)(=O)c1cccc(N2CCN(CC3CCC(C(F)(F)F)O3)CC2)c1. The molecule has 26 heavy (non-hydrogen) atoms. The number of hydrogen-bond acceptors (Lipinski definition) is 5. The van der Waals surface area contributed by atoms with Crippen molar-refractivity contribution >= 4 is 15.5 Å². The minimum absolute atomic E-state index is 0.0341. The molecule has 0 aliphatic carbocycles. The molecule has 5 nitrogen and oxygen atoms in total. The molecular weight excluding hydrogens is 369 g/mol. The van der Waals surface area contributed by atoms with Crippen LogP contribution in [0, 0.1) is 0 Å². The van der Waals surface area contributed by atoms with Crippen molar-refractivity contribution in [2.75, 3.05) is 43.9 Å². The van der Waals surface area contributed by atoms with Gasteiger partial charge in [0, 0.05) is 44.7 Å². The van der Waals surface area contributed by atoms with Gasteiger partial charge >= 0.3 is 6.18 Å². The molecule has 0 spiro atoms. The third-order valence-electron chi connectivity index (χ3n) is 4.92. The Hall–Kier alpha value is -1.32. The second-order valence-electron chi connectivity index (χ2n) is 6.92. The highest BCUT2D eigenvalue weighted by atomic mass is 32.2. The largest absolute Gasteiger partial charge is 0.414 e. The highest BCUT2D eigenvalue weighted by Crippen LogP contribution is 2.33. The summed E-state index contributed by atoms with van der Waals surface area (Å²) in [6.45, 7) is 3.31. The second-order valence-corrected chi connectivity index (χ2v) is 8.94. The molecule has 0 radical (unpaired) electrons.